The van der Waals surface area contributed by atoms with Crippen molar-refractivity contribution in [2.24, 2.45) is 0 Å². The van der Waals surface area contributed by atoms with Gasteiger partial charge < -0.3 is 4.90 Å². The first-order valence-electron chi connectivity index (χ1n) is 8.76. The fourth-order valence-electron chi connectivity index (χ4n) is 3.18. The molecule has 26 heavy (non-hydrogen) atoms. The molecule has 0 aromatic heterocycles. The van der Waals surface area contributed by atoms with Crippen LogP contribution in [0, 0.1) is 0 Å². The first-order valence-corrected chi connectivity index (χ1v) is 10.2. The smallest absolute Gasteiger partial charge is 0.254 e. The maximum Gasteiger partial charge on any atom is 0.254 e. The molecular formula is C20H24N2O3S. The van der Waals surface area contributed by atoms with Crippen molar-refractivity contribution >= 4 is 15.9 Å². The summed E-state index contributed by atoms with van der Waals surface area (Å²) in [6.07, 6.45) is 0.727. The van der Waals surface area contributed by atoms with Gasteiger partial charge >= 0.3 is 0 Å². The molecule has 0 spiro atoms. The Morgan fingerprint density at radius 1 is 1.08 bits per heavy atom. The first-order chi connectivity index (χ1) is 12.3. The lowest BCUT2D eigenvalue weighted by molar-refractivity contribution is 0.0734. The van der Waals surface area contributed by atoms with Gasteiger partial charge in [-0.25, -0.2) is 13.1 Å². The van der Waals surface area contributed by atoms with Crippen molar-refractivity contribution in [3.8, 4) is 0 Å². The van der Waals surface area contributed by atoms with Gasteiger partial charge in [0.25, 0.3) is 5.91 Å². The molecule has 1 amide bonds. The van der Waals surface area contributed by atoms with Gasteiger partial charge in [0.05, 0.1) is 4.90 Å². The Bertz CT molecular complexity index is 919. The van der Waals surface area contributed by atoms with Gasteiger partial charge in [-0.05, 0) is 60.3 Å². The van der Waals surface area contributed by atoms with Crippen molar-refractivity contribution in [2.75, 3.05) is 13.6 Å². The second-order valence-corrected chi connectivity index (χ2v) is 8.78. The predicted molar refractivity (Wildman–Crippen MR) is 102 cm³/mol. The molecule has 2 aromatic carbocycles. The minimum atomic E-state index is -3.49. The minimum Gasteiger partial charge on any atom is -0.334 e. The monoisotopic (exact) mass is 372 g/mol. The average Bonchev–Trinajstić information content (AvgIpc) is 2.66. The Kier molecular flexibility index (Phi) is 5.16. The van der Waals surface area contributed by atoms with Gasteiger partial charge in [0, 0.05) is 18.7 Å². The molecule has 2 aromatic rings. The minimum absolute atomic E-state index is 0.0205. The van der Waals surface area contributed by atoms with E-state index in [-0.39, 0.29) is 10.8 Å². The van der Waals surface area contributed by atoms with Crippen molar-refractivity contribution in [2.45, 2.75) is 37.6 Å². The zero-order valence-electron chi connectivity index (χ0n) is 15.3. The van der Waals surface area contributed by atoms with Gasteiger partial charge in [0.1, 0.15) is 0 Å². The number of rotatable bonds is 4. The van der Waals surface area contributed by atoms with E-state index in [0.717, 1.165) is 17.5 Å². The third-order valence-electron chi connectivity index (χ3n) is 4.88. The van der Waals surface area contributed by atoms with Crippen molar-refractivity contribution in [3.05, 3.63) is 64.7 Å². The number of carbonyl (C=O) groups excluding carboxylic acids is 1. The second kappa shape index (κ2) is 7.21. The molecule has 5 nitrogen and oxygen atoms in total. The molecule has 0 saturated heterocycles. The normalized spacial score (nSPS) is 14.4. The average molecular weight is 372 g/mol. The highest BCUT2D eigenvalue weighted by molar-refractivity contribution is 7.89. The van der Waals surface area contributed by atoms with Gasteiger partial charge in [-0.1, -0.05) is 32.0 Å². The number of nitrogens with one attached hydrogen (secondary N) is 1. The Balaban J connectivity index is 1.83. The highest BCUT2D eigenvalue weighted by Crippen LogP contribution is 2.24. The number of benzene rings is 2. The molecule has 0 atom stereocenters. The largest absolute Gasteiger partial charge is 0.334 e. The fraction of sp³-hybridized carbons (Fsp3) is 0.350. The van der Waals surface area contributed by atoms with Crippen LogP contribution >= 0.6 is 0 Å². The third kappa shape index (κ3) is 3.66. The number of hydrogen-bond donors (Lipinski definition) is 1. The first kappa shape index (κ1) is 18.6. The Hall–Kier alpha value is -2.18. The predicted octanol–water partition coefficient (Wildman–Crippen LogP) is 2.92. The van der Waals surface area contributed by atoms with Crippen LogP contribution in [0.5, 0.6) is 0 Å². The molecule has 3 rings (SSSR count). The lowest BCUT2D eigenvalue weighted by atomic mass is 9.98. The van der Waals surface area contributed by atoms with Crippen LogP contribution in [0.15, 0.2) is 47.4 Å². The van der Waals surface area contributed by atoms with Gasteiger partial charge in [-0.2, -0.15) is 0 Å². The van der Waals surface area contributed by atoms with Crippen LogP contribution in [0.2, 0.25) is 0 Å². The summed E-state index contributed by atoms with van der Waals surface area (Å²) in [6, 6.07) is 12.9. The lowest BCUT2D eigenvalue weighted by Crippen LogP contribution is -2.36. The van der Waals surface area contributed by atoms with E-state index in [4.69, 9.17) is 0 Å². The third-order valence-corrected chi connectivity index (χ3v) is 6.29. The van der Waals surface area contributed by atoms with Crippen LogP contribution in [-0.2, 0) is 23.0 Å². The van der Waals surface area contributed by atoms with Crippen molar-refractivity contribution < 1.29 is 13.2 Å². The van der Waals surface area contributed by atoms with Crippen LogP contribution in [0.3, 0.4) is 0 Å². The summed E-state index contributed by atoms with van der Waals surface area (Å²) in [5.74, 6) is 0.404. The van der Waals surface area contributed by atoms with E-state index in [0.29, 0.717) is 24.6 Å². The van der Waals surface area contributed by atoms with Gasteiger partial charge in [0.15, 0.2) is 0 Å². The second-order valence-electron chi connectivity index (χ2n) is 6.89. The van der Waals surface area contributed by atoms with E-state index >= 15 is 0 Å². The van der Waals surface area contributed by atoms with Crippen molar-refractivity contribution in [1.82, 2.24) is 9.62 Å². The number of sulfonamides is 1. The molecular weight excluding hydrogens is 348 g/mol. The number of fused-ring (bicyclic) bond motifs is 1. The summed E-state index contributed by atoms with van der Waals surface area (Å²) in [4.78, 5) is 14.8. The maximum atomic E-state index is 12.8. The highest BCUT2D eigenvalue weighted by atomic mass is 32.2. The summed E-state index contributed by atoms with van der Waals surface area (Å²) in [7, 11) is -2.09. The summed E-state index contributed by atoms with van der Waals surface area (Å²) >= 11 is 0. The SMILES string of the molecule is CNS(=O)(=O)c1ccc2c(c1)CN(C(=O)c1ccc(C(C)C)cc1)CC2. The molecule has 0 saturated carbocycles. The van der Waals surface area contributed by atoms with Crippen LogP contribution in [-0.4, -0.2) is 32.8 Å². The van der Waals surface area contributed by atoms with Gasteiger partial charge in [-0.3, -0.25) is 4.79 Å². The Labute approximate surface area is 155 Å². The molecule has 138 valence electrons. The van der Waals surface area contributed by atoms with Crippen LogP contribution < -0.4 is 4.72 Å². The summed E-state index contributed by atoms with van der Waals surface area (Å²) in [6.45, 7) is 5.30. The fourth-order valence-corrected chi connectivity index (χ4v) is 3.97. The maximum absolute atomic E-state index is 12.8. The van der Waals surface area contributed by atoms with E-state index in [1.165, 1.54) is 12.6 Å². The lowest BCUT2D eigenvalue weighted by Gasteiger charge is -2.29. The molecule has 6 heteroatoms. The number of nitrogens with zero attached hydrogens (tertiary/aromatic N) is 1. The topological polar surface area (TPSA) is 66.5 Å². The van der Waals surface area contributed by atoms with E-state index in [9.17, 15) is 13.2 Å². The van der Waals surface area contributed by atoms with Gasteiger partial charge in [0.2, 0.25) is 10.0 Å². The number of amides is 1. The summed E-state index contributed by atoms with van der Waals surface area (Å²) in [5.41, 5.74) is 3.85. The van der Waals surface area contributed by atoms with Crippen LogP contribution in [0.25, 0.3) is 0 Å². The molecule has 0 unspecified atom stereocenters. The van der Waals surface area contributed by atoms with E-state index < -0.39 is 10.0 Å². The highest BCUT2D eigenvalue weighted by Gasteiger charge is 2.23. The van der Waals surface area contributed by atoms with Gasteiger partial charge in [-0.15, -0.1) is 0 Å². The van der Waals surface area contributed by atoms with E-state index in [1.54, 1.807) is 17.0 Å². The zero-order valence-corrected chi connectivity index (χ0v) is 16.1. The number of hydrogen-bond acceptors (Lipinski definition) is 3. The van der Waals surface area contributed by atoms with Crippen LogP contribution in [0.1, 0.15) is 46.8 Å². The van der Waals surface area contributed by atoms with Crippen molar-refractivity contribution in [1.29, 1.82) is 0 Å². The van der Waals surface area contributed by atoms with Crippen molar-refractivity contribution in [3.63, 3.8) is 0 Å². The Morgan fingerprint density at radius 3 is 2.38 bits per heavy atom. The summed E-state index contributed by atoms with van der Waals surface area (Å²) < 4.78 is 26.4. The number of carbonyl (C=O) groups is 1. The molecule has 1 aliphatic heterocycles. The van der Waals surface area contributed by atoms with E-state index in [2.05, 4.69) is 18.6 Å². The quantitative estimate of drug-likeness (QED) is 0.897. The Morgan fingerprint density at radius 2 is 1.77 bits per heavy atom. The molecule has 1 heterocycles. The molecule has 1 N–H and O–H groups in total. The molecule has 0 aliphatic carbocycles. The molecule has 0 radical (unpaired) electrons. The molecule has 0 fully saturated rings. The molecule has 0 bridgehead atoms. The summed E-state index contributed by atoms with van der Waals surface area (Å²) in [5, 5.41) is 0. The molecule has 1 aliphatic rings. The van der Waals surface area contributed by atoms with Crippen LogP contribution in [0.4, 0.5) is 0 Å². The van der Waals surface area contributed by atoms with E-state index in [1.807, 2.05) is 30.3 Å². The zero-order chi connectivity index (χ0) is 18.9. The standard InChI is InChI=1S/C20H24N2O3S/c1-14(2)15-4-6-17(7-5-15)20(23)22-11-10-16-8-9-19(12-18(16)13-22)26(24,25)21-3/h4-9,12,14,21H,10-11,13H2,1-3H3.